The number of amides is 2. The van der Waals surface area contributed by atoms with Gasteiger partial charge in [-0.3, -0.25) is 4.79 Å². The molecular weight excluding hydrogens is 396 g/mol. The highest BCUT2D eigenvalue weighted by Gasteiger charge is 2.28. The van der Waals surface area contributed by atoms with Crippen LogP contribution in [0.5, 0.6) is 5.75 Å². The number of hydrogen-bond donors (Lipinski definition) is 0. The Morgan fingerprint density at radius 3 is 2.03 bits per heavy atom. The van der Waals surface area contributed by atoms with Crippen molar-refractivity contribution in [3.8, 4) is 5.75 Å². The highest BCUT2D eigenvalue weighted by molar-refractivity contribution is 5.78. The molecule has 2 aliphatic heterocycles. The van der Waals surface area contributed by atoms with E-state index in [-0.39, 0.29) is 37.0 Å². The van der Waals surface area contributed by atoms with Gasteiger partial charge < -0.3 is 24.2 Å². The van der Waals surface area contributed by atoms with Gasteiger partial charge >= 0.3 is 6.09 Å². The molecule has 0 radical (unpaired) electrons. The van der Waals surface area contributed by atoms with Crippen LogP contribution in [0.25, 0.3) is 0 Å². The van der Waals surface area contributed by atoms with E-state index in [9.17, 15) is 18.4 Å². The molecule has 0 aliphatic carbocycles. The van der Waals surface area contributed by atoms with Crippen LogP contribution in [-0.4, -0.2) is 73.3 Å². The topological polar surface area (TPSA) is 62.3 Å². The molecular formula is C21H29F2N3O4. The summed E-state index contributed by atoms with van der Waals surface area (Å²) < 4.78 is 39.9. The lowest BCUT2D eigenvalue weighted by atomic mass is 10.2. The summed E-state index contributed by atoms with van der Waals surface area (Å²) >= 11 is 0. The minimum absolute atomic E-state index is 0.0197. The second-order valence-electron chi connectivity index (χ2n) is 8.57. The molecule has 2 heterocycles. The first-order chi connectivity index (χ1) is 14.1. The number of rotatable bonds is 4. The highest BCUT2D eigenvalue weighted by Crippen LogP contribution is 2.29. The summed E-state index contributed by atoms with van der Waals surface area (Å²) in [6, 6.07) is 2.19. The molecule has 0 atom stereocenters. The molecule has 30 heavy (non-hydrogen) atoms. The lowest BCUT2D eigenvalue weighted by Gasteiger charge is -2.37. The second kappa shape index (κ2) is 9.06. The van der Waals surface area contributed by atoms with E-state index >= 15 is 0 Å². The maximum absolute atomic E-state index is 14.6. The molecule has 0 saturated carbocycles. The Kier molecular flexibility index (Phi) is 6.67. The number of halogens is 2. The number of ether oxygens (including phenoxy) is 2. The number of carbonyl (C=O) groups excluding carboxylic acids is 2. The maximum Gasteiger partial charge on any atom is 0.410 e. The Morgan fingerprint density at radius 1 is 0.933 bits per heavy atom. The zero-order valence-electron chi connectivity index (χ0n) is 17.7. The molecule has 2 aliphatic rings. The quantitative estimate of drug-likeness (QED) is 0.742. The van der Waals surface area contributed by atoms with E-state index in [4.69, 9.17) is 9.47 Å². The van der Waals surface area contributed by atoms with Gasteiger partial charge in [-0.05, 0) is 33.6 Å². The van der Waals surface area contributed by atoms with E-state index in [1.165, 1.54) is 4.90 Å². The van der Waals surface area contributed by atoms with Crippen LogP contribution in [0.3, 0.4) is 0 Å². The summed E-state index contributed by atoms with van der Waals surface area (Å²) in [5.41, 5.74) is -0.754. The van der Waals surface area contributed by atoms with Gasteiger partial charge in [0.05, 0.1) is 0 Å². The molecule has 0 bridgehead atoms. The Bertz CT molecular complexity index is 760. The van der Waals surface area contributed by atoms with Crippen LogP contribution in [0.2, 0.25) is 0 Å². The van der Waals surface area contributed by atoms with Gasteiger partial charge in [0.2, 0.25) is 0 Å². The summed E-state index contributed by atoms with van der Waals surface area (Å²) in [5, 5.41) is 0. The van der Waals surface area contributed by atoms with E-state index in [0.717, 1.165) is 25.0 Å². The second-order valence-corrected chi connectivity index (χ2v) is 8.57. The first-order valence-electron chi connectivity index (χ1n) is 10.3. The van der Waals surface area contributed by atoms with Crippen molar-refractivity contribution in [3.05, 3.63) is 23.8 Å². The van der Waals surface area contributed by atoms with Crippen molar-refractivity contribution in [1.29, 1.82) is 0 Å². The molecule has 1 aromatic rings. The van der Waals surface area contributed by atoms with Crippen molar-refractivity contribution in [2.75, 3.05) is 50.8 Å². The number of hydrogen-bond acceptors (Lipinski definition) is 5. The van der Waals surface area contributed by atoms with Gasteiger partial charge in [0, 0.05) is 51.4 Å². The van der Waals surface area contributed by atoms with Crippen molar-refractivity contribution in [3.63, 3.8) is 0 Å². The van der Waals surface area contributed by atoms with Crippen molar-refractivity contribution in [2.24, 2.45) is 0 Å². The molecule has 0 unspecified atom stereocenters. The van der Waals surface area contributed by atoms with E-state index in [1.807, 2.05) is 0 Å². The maximum atomic E-state index is 14.6. The Labute approximate surface area is 175 Å². The van der Waals surface area contributed by atoms with Crippen molar-refractivity contribution >= 4 is 17.7 Å². The standard InChI is InChI=1S/C21H29F2N3O4/c1-21(2,3)30-20(28)26-10-8-25(9-11-26)19-16(22)12-15(13-17(19)23)29-14-18(27)24-6-4-5-7-24/h12-13H,4-11,14H2,1-3H3. The smallest absolute Gasteiger partial charge is 0.410 e. The first kappa shape index (κ1) is 22.1. The van der Waals surface area contributed by atoms with Crippen LogP contribution in [0.4, 0.5) is 19.3 Å². The molecule has 2 fully saturated rings. The molecule has 0 N–H and O–H groups in total. The number of nitrogens with zero attached hydrogens (tertiary/aromatic N) is 3. The first-order valence-corrected chi connectivity index (χ1v) is 10.3. The van der Waals surface area contributed by atoms with Crippen molar-refractivity contribution in [1.82, 2.24) is 9.80 Å². The van der Waals surface area contributed by atoms with Crippen LogP contribution in [0.15, 0.2) is 12.1 Å². The fourth-order valence-corrected chi connectivity index (χ4v) is 3.57. The van der Waals surface area contributed by atoms with E-state index < -0.39 is 23.3 Å². The third-order valence-electron chi connectivity index (χ3n) is 5.06. The molecule has 0 aromatic heterocycles. The molecule has 2 saturated heterocycles. The number of benzene rings is 1. The van der Waals surface area contributed by atoms with Crippen LogP contribution >= 0.6 is 0 Å². The van der Waals surface area contributed by atoms with Crippen molar-refractivity contribution in [2.45, 2.75) is 39.2 Å². The summed E-state index contributed by atoms with van der Waals surface area (Å²) in [6.45, 7) is 7.66. The molecule has 9 heteroatoms. The number of carbonyl (C=O) groups is 2. The van der Waals surface area contributed by atoms with Crippen LogP contribution in [-0.2, 0) is 9.53 Å². The lowest BCUT2D eigenvalue weighted by Crippen LogP contribution is -2.50. The van der Waals surface area contributed by atoms with Gasteiger partial charge in [-0.1, -0.05) is 0 Å². The molecule has 166 valence electrons. The average molecular weight is 425 g/mol. The summed E-state index contributed by atoms with van der Waals surface area (Å²) in [4.78, 5) is 29.0. The summed E-state index contributed by atoms with van der Waals surface area (Å²) in [7, 11) is 0. The van der Waals surface area contributed by atoms with Gasteiger partial charge in [-0.25, -0.2) is 13.6 Å². The number of likely N-dealkylation sites (tertiary alicyclic amines) is 1. The largest absolute Gasteiger partial charge is 0.484 e. The zero-order chi connectivity index (χ0) is 21.9. The minimum atomic E-state index is -0.760. The summed E-state index contributed by atoms with van der Waals surface area (Å²) in [5.74, 6) is -1.72. The predicted octanol–water partition coefficient (Wildman–Crippen LogP) is 3.02. The van der Waals surface area contributed by atoms with Crippen LogP contribution in [0.1, 0.15) is 33.6 Å². The SMILES string of the molecule is CC(C)(C)OC(=O)N1CCN(c2c(F)cc(OCC(=O)N3CCCC3)cc2F)CC1. The normalized spacial score (nSPS) is 17.3. The van der Waals surface area contributed by atoms with E-state index in [0.29, 0.717) is 26.2 Å². The van der Waals surface area contributed by atoms with E-state index in [1.54, 1.807) is 30.6 Å². The average Bonchev–Trinajstić information content (AvgIpc) is 3.19. The minimum Gasteiger partial charge on any atom is -0.484 e. The summed E-state index contributed by atoms with van der Waals surface area (Å²) in [6.07, 6.45) is 1.49. The third-order valence-corrected chi connectivity index (χ3v) is 5.06. The van der Waals surface area contributed by atoms with E-state index in [2.05, 4.69) is 0 Å². The zero-order valence-corrected chi connectivity index (χ0v) is 17.7. The highest BCUT2D eigenvalue weighted by atomic mass is 19.1. The van der Waals surface area contributed by atoms with Gasteiger partial charge in [0.15, 0.2) is 18.2 Å². The lowest BCUT2D eigenvalue weighted by molar-refractivity contribution is -0.132. The van der Waals surface area contributed by atoms with Crippen LogP contribution < -0.4 is 9.64 Å². The molecule has 3 rings (SSSR count). The fourth-order valence-electron chi connectivity index (χ4n) is 3.57. The Hall–Kier alpha value is -2.58. The molecule has 1 aromatic carbocycles. The molecule has 2 amide bonds. The molecule has 7 nitrogen and oxygen atoms in total. The predicted molar refractivity (Wildman–Crippen MR) is 108 cm³/mol. The Balaban J connectivity index is 1.58. The van der Waals surface area contributed by atoms with Gasteiger partial charge in [0.25, 0.3) is 5.91 Å². The number of anilines is 1. The monoisotopic (exact) mass is 425 g/mol. The van der Waals surface area contributed by atoms with Gasteiger partial charge in [0.1, 0.15) is 17.0 Å². The van der Waals surface area contributed by atoms with Crippen molar-refractivity contribution < 1.29 is 27.8 Å². The van der Waals surface area contributed by atoms with Gasteiger partial charge in [-0.2, -0.15) is 0 Å². The Morgan fingerprint density at radius 2 is 1.50 bits per heavy atom. The van der Waals surface area contributed by atoms with Crippen LogP contribution in [0, 0.1) is 11.6 Å². The molecule has 0 spiro atoms. The fraction of sp³-hybridized carbons (Fsp3) is 0.619. The number of piperazine rings is 1. The third kappa shape index (κ3) is 5.52. The van der Waals surface area contributed by atoms with Gasteiger partial charge in [-0.15, -0.1) is 0 Å².